The van der Waals surface area contributed by atoms with E-state index in [2.05, 4.69) is 32.7 Å². The molecule has 0 radical (unpaired) electrons. The molecule has 1 amide bonds. The fourth-order valence-corrected chi connectivity index (χ4v) is 3.58. The van der Waals surface area contributed by atoms with Gasteiger partial charge in [-0.25, -0.2) is 0 Å². The van der Waals surface area contributed by atoms with Gasteiger partial charge in [0, 0.05) is 30.6 Å². The first-order valence-corrected chi connectivity index (χ1v) is 7.57. The quantitative estimate of drug-likeness (QED) is 0.792. The first-order valence-electron chi connectivity index (χ1n) is 7.57. The van der Waals surface area contributed by atoms with Crippen molar-refractivity contribution < 1.29 is 4.79 Å². The maximum absolute atomic E-state index is 12.5. The second kappa shape index (κ2) is 5.66. The van der Waals surface area contributed by atoms with Gasteiger partial charge in [-0.3, -0.25) is 4.79 Å². The van der Waals surface area contributed by atoms with Crippen LogP contribution in [0.5, 0.6) is 0 Å². The standard InChI is InChI=1S/C16H28N2O/c1-5-8-18(16(2,3)4)15(19)11-12-9-13-6-7-14(10-12)17-13/h5,12-14,17H,1,6-11H2,2-4H3. The third-order valence-electron chi connectivity index (χ3n) is 4.46. The van der Waals surface area contributed by atoms with Crippen molar-refractivity contribution in [3.63, 3.8) is 0 Å². The van der Waals surface area contributed by atoms with Crippen LogP contribution in [0.25, 0.3) is 0 Å². The van der Waals surface area contributed by atoms with Gasteiger partial charge in [0.15, 0.2) is 0 Å². The molecule has 0 aliphatic carbocycles. The summed E-state index contributed by atoms with van der Waals surface area (Å²) in [7, 11) is 0. The zero-order valence-electron chi connectivity index (χ0n) is 12.6. The van der Waals surface area contributed by atoms with Gasteiger partial charge in [0.1, 0.15) is 0 Å². The number of piperidine rings is 1. The van der Waals surface area contributed by atoms with Gasteiger partial charge in [-0.2, -0.15) is 0 Å². The minimum Gasteiger partial charge on any atom is -0.334 e. The molecule has 2 fully saturated rings. The number of hydrogen-bond acceptors (Lipinski definition) is 2. The van der Waals surface area contributed by atoms with Gasteiger partial charge >= 0.3 is 0 Å². The maximum Gasteiger partial charge on any atom is 0.223 e. The Balaban J connectivity index is 1.93. The molecule has 2 unspecified atom stereocenters. The van der Waals surface area contributed by atoms with Crippen molar-refractivity contribution in [3.8, 4) is 0 Å². The van der Waals surface area contributed by atoms with Crippen LogP contribution in [0.15, 0.2) is 12.7 Å². The molecular weight excluding hydrogens is 236 g/mol. The molecular formula is C16H28N2O. The second-order valence-corrected chi connectivity index (χ2v) is 7.14. The molecule has 2 atom stereocenters. The molecule has 2 aliphatic heterocycles. The number of nitrogens with zero attached hydrogens (tertiary/aromatic N) is 1. The SMILES string of the molecule is C=CCN(C(=O)CC1CC2CCC(C1)N2)C(C)(C)C. The summed E-state index contributed by atoms with van der Waals surface area (Å²) in [5.74, 6) is 0.861. The summed E-state index contributed by atoms with van der Waals surface area (Å²) >= 11 is 0. The molecule has 3 heteroatoms. The first-order chi connectivity index (χ1) is 8.90. The highest BCUT2D eigenvalue weighted by molar-refractivity contribution is 5.77. The molecule has 2 heterocycles. The fraction of sp³-hybridized carbons (Fsp3) is 0.812. The molecule has 0 aromatic carbocycles. The molecule has 0 saturated carbocycles. The van der Waals surface area contributed by atoms with Gasteiger partial charge in [-0.15, -0.1) is 6.58 Å². The molecule has 19 heavy (non-hydrogen) atoms. The Morgan fingerprint density at radius 3 is 2.37 bits per heavy atom. The monoisotopic (exact) mass is 264 g/mol. The van der Waals surface area contributed by atoms with Crippen molar-refractivity contribution >= 4 is 5.91 Å². The normalized spacial score (nSPS) is 30.2. The van der Waals surface area contributed by atoms with Crippen molar-refractivity contribution in [1.29, 1.82) is 0 Å². The Morgan fingerprint density at radius 1 is 1.32 bits per heavy atom. The van der Waals surface area contributed by atoms with E-state index in [9.17, 15) is 4.79 Å². The number of carbonyl (C=O) groups excluding carboxylic acids is 1. The van der Waals surface area contributed by atoms with Crippen LogP contribution >= 0.6 is 0 Å². The molecule has 1 N–H and O–H groups in total. The average molecular weight is 264 g/mol. The molecule has 2 saturated heterocycles. The molecule has 3 nitrogen and oxygen atoms in total. The second-order valence-electron chi connectivity index (χ2n) is 7.14. The van der Waals surface area contributed by atoms with E-state index in [-0.39, 0.29) is 5.54 Å². The highest BCUT2D eigenvalue weighted by Crippen LogP contribution is 2.33. The zero-order valence-corrected chi connectivity index (χ0v) is 12.6. The van der Waals surface area contributed by atoms with Crippen LogP contribution in [0.2, 0.25) is 0 Å². The fourth-order valence-electron chi connectivity index (χ4n) is 3.58. The Kier molecular flexibility index (Phi) is 4.34. The number of hydrogen-bond donors (Lipinski definition) is 1. The van der Waals surface area contributed by atoms with Crippen LogP contribution < -0.4 is 5.32 Å². The first kappa shape index (κ1) is 14.6. The lowest BCUT2D eigenvalue weighted by molar-refractivity contribution is -0.136. The van der Waals surface area contributed by atoms with Gasteiger partial charge in [0.05, 0.1) is 0 Å². The van der Waals surface area contributed by atoms with Gasteiger partial charge < -0.3 is 10.2 Å². The van der Waals surface area contributed by atoms with E-state index < -0.39 is 0 Å². The van der Waals surface area contributed by atoms with Crippen molar-refractivity contribution in [2.45, 2.75) is 70.5 Å². The zero-order chi connectivity index (χ0) is 14.0. The van der Waals surface area contributed by atoms with Gasteiger partial charge in [-0.1, -0.05) is 6.08 Å². The summed E-state index contributed by atoms with van der Waals surface area (Å²) in [6.45, 7) is 10.7. The number of nitrogens with one attached hydrogen (secondary N) is 1. The third-order valence-corrected chi connectivity index (χ3v) is 4.46. The summed E-state index contributed by atoms with van der Waals surface area (Å²) in [6.07, 6.45) is 7.48. The van der Waals surface area contributed by atoms with E-state index in [1.165, 1.54) is 25.7 Å². The van der Waals surface area contributed by atoms with Crippen LogP contribution in [-0.2, 0) is 4.79 Å². The predicted octanol–water partition coefficient (Wildman–Crippen LogP) is 2.72. The van der Waals surface area contributed by atoms with E-state index in [1.54, 1.807) is 0 Å². The molecule has 0 spiro atoms. The van der Waals surface area contributed by atoms with E-state index >= 15 is 0 Å². The highest BCUT2D eigenvalue weighted by Gasteiger charge is 2.35. The average Bonchev–Trinajstić information content (AvgIpc) is 2.64. The van der Waals surface area contributed by atoms with Crippen molar-refractivity contribution in [2.24, 2.45) is 5.92 Å². The minimum absolute atomic E-state index is 0.114. The van der Waals surface area contributed by atoms with Crippen LogP contribution in [-0.4, -0.2) is 35.0 Å². The molecule has 2 rings (SSSR count). The number of amides is 1. The lowest BCUT2D eigenvalue weighted by Gasteiger charge is -2.37. The van der Waals surface area contributed by atoms with Gasteiger partial charge in [0.2, 0.25) is 5.91 Å². The smallest absolute Gasteiger partial charge is 0.223 e. The molecule has 2 bridgehead atoms. The lowest BCUT2D eigenvalue weighted by Crippen LogP contribution is -2.47. The highest BCUT2D eigenvalue weighted by atomic mass is 16.2. The number of fused-ring (bicyclic) bond motifs is 2. The van der Waals surface area contributed by atoms with Crippen LogP contribution in [0.1, 0.15) is 52.9 Å². The third kappa shape index (κ3) is 3.59. The number of rotatable bonds is 4. The van der Waals surface area contributed by atoms with Crippen molar-refractivity contribution in [2.75, 3.05) is 6.54 Å². The van der Waals surface area contributed by atoms with Crippen LogP contribution in [0, 0.1) is 5.92 Å². The molecule has 0 aromatic rings. The van der Waals surface area contributed by atoms with Crippen molar-refractivity contribution in [3.05, 3.63) is 12.7 Å². The Bertz CT molecular complexity index is 333. The summed E-state index contributed by atoms with van der Waals surface area (Å²) in [5, 5.41) is 3.64. The van der Waals surface area contributed by atoms with Crippen molar-refractivity contribution in [1.82, 2.24) is 10.2 Å². The predicted molar refractivity (Wildman–Crippen MR) is 78.9 cm³/mol. The number of carbonyl (C=O) groups is 1. The van der Waals surface area contributed by atoms with Crippen LogP contribution in [0.4, 0.5) is 0 Å². The Morgan fingerprint density at radius 2 is 1.89 bits per heavy atom. The Hall–Kier alpha value is -0.830. The largest absolute Gasteiger partial charge is 0.334 e. The minimum atomic E-state index is -0.114. The summed E-state index contributed by atoms with van der Waals surface area (Å²) < 4.78 is 0. The lowest BCUT2D eigenvalue weighted by atomic mass is 9.88. The van der Waals surface area contributed by atoms with E-state index in [0.29, 0.717) is 36.9 Å². The summed E-state index contributed by atoms with van der Waals surface area (Å²) in [6, 6.07) is 1.33. The maximum atomic E-state index is 12.5. The van der Waals surface area contributed by atoms with E-state index in [4.69, 9.17) is 0 Å². The van der Waals surface area contributed by atoms with Crippen LogP contribution in [0.3, 0.4) is 0 Å². The van der Waals surface area contributed by atoms with E-state index in [1.807, 2.05) is 11.0 Å². The molecule has 0 aromatic heterocycles. The summed E-state index contributed by atoms with van der Waals surface area (Å²) in [4.78, 5) is 14.5. The topological polar surface area (TPSA) is 32.3 Å². The summed E-state index contributed by atoms with van der Waals surface area (Å²) in [5.41, 5.74) is -0.114. The van der Waals surface area contributed by atoms with E-state index in [0.717, 1.165) is 0 Å². The molecule has 108 valence electrons. The molecule has 2 aliphatic rings. The van der Waals surface area contributed by atoms with Gasteiger partial charge in [-0.05, 0) is 52.4 Å². The Labute approximate surface area is 117 Å². The van der Waals surface area contributed by atoms with Gasteiger partial charge in [0.25, 0.3) is 0 Å².